The average molecular weight is 433 g/mol. The fraction of sp³-hybridized carbons (Fsp3) is 1.00. The fourth-order valence-electron chi connectivity index (χ4n) is 6.97. The van der Waals surface area contributed by atoms with Gasteiger partial charge in [0.25, 0.3) is 0 Å². The number of hydrogen-bond donors (Lipinski definition) is 4. The molecule has 4 N–H and O–H groups in total. The van der Waals surface area contributed by atoms with Gasteiger partial charge in [-0.1, -0.05) is 6.92 Å². The summed E-state index contributed by atoms with van der Waals surface area (Å²) >= 11 is 0. The lowest BCUT2D eigenvalue weighted by molar-refractivity contribution is 0.213. The number of nitrogens with one attached hydrogen (secondary N) is 4. The normalized spacial score (nSPS) is 42.4. The maximum atomic E-state index is 4.07. The summed E-state index contributed by atoms with van der Waals surface area (Å²) in [5, 5.41) is 15.5. The molecular formula is C27H52N4. The summed E-state index contributed by atoms with van der Waals surface area (Å²) in [6, 6.07) is 4.70. The van der Waals surface area contributed by atoms with Gasteiger partial charge in [-0.15, -0.1) is 0 Å². The van der Waals surface area contributed by atoms with E-state index in [1.54, 1.807) is 0 Å². The van der Waals surface area contributed by atoms with Crippen LogP contribution in [0.1, 0.15) is 110 Å². The Kier molecular flexibility index (Phi) is 9.55. The smallest absolute Gasteiger partial charge is 0.00708 e. The predicted octanol–water partition coefficient (Wildman–Crippen LogP) is 4.73. The second-order valence-corrected chi connectivity index (χ2v) is 11.8. The molecule has 0 atom stereocenters. The Morgan fingerprint density at radius 1 is 0.484 bits per heavy atom. The van der Waals surface area contributed by atoms with Crippen LogP contribution < -0.4 is 21.3 Å². The van der Waals surface area contributed by atoms with Gasteiger partial charge in [0.2, 0.25) is 0 Å². The predicted molar refractivity (Wildman–Crippen MR) is 133 cm³/mol. The molecule has 0 aromatic heterocycles. The Hall–Kier alpha value is -0.160. The Morgan fingerprint density at radius 3 is 1.32 bits per heavy atom. The molecule has 180 valence electrons. The van der Waals surface area contributed by atoms with E-state index in [0.717, 1.165) is 48.1 Å². The molecule has 31 heavy (non-hydrogen) atoms. The minimum Gasteiger partial charge on any atom is -0.317 e. The Bertz CT molecular complexity index is 479. The summed E-state index contributed by atoms with van der Waals surface area (Å²) in [6.07, 6.45) is 22.3. The van der Waals surface area contributed by atoms with Crippen molar-refractivity contribution in [2.75, 3.05) is 13.6 Å². The van der Waals surface area contributed by atoms with Crippen molar-refractivity contribution >= 4 is 0 Å². The van der Waals surface area contributed by atoms with Gasteiger partial charge in [0.05, 0.1) is 0 Å². The van der Waals surface area contributed by atoms with Gasteiger partial charge in [-0.25, -0.2) is 0 Å². The fourth-order valence-corrected chi connectivity index (χ4v) is 6.97. The van der Waals surface area contributed by atoms with Gasteiger partial charge in [-0.05, 0) is 128 Å². The Balaban J connectivity index is 1.05. The average Bonchev–Trinajstić information content (AvgIpc) is 2.81. The highest BCUT2D eigenvalue weighted by molar-refractivity contribution is 4.89. The molecule has 0 radical (unpaired) electrons. The summed E-state index contributed by atoms with van der Waals surface area (Å²) in [7, 11) is 2.12. The number of rotatable bonds is 8. The lowest BCUT2D eigenvalue weighted by atomic mass is 9.83. The second kappa shape index (κ2) is 12.3. The van der Waals surface area contributed by atoms with Gasteiger partial charge in [0, 0.05) is 36.3 Å². The summed E-state index contributed by atoms with van der Waals surface area (Å²) < 4.78 is 0. The largest absolute Gasteiger partial charge is 0.317 e. The van der Waals surface area contributed by atoms with Crippen LogP contribution >= 0.6 is 0 Å². The van der Waals surface area contributed by atoms with Crippen LogP contribution in [0, 0.1) is 11.8 Å². The van der Waals surface area contributed by atoms with Gasteiger partial charge in [0.1, 0.15) is 0 Å². The molecule has 4 rings (SSSR count). The van der Waals surface area contributed by atoms with E-state index < -0.39 is 0 Å². The number of hydrogen-bond acceptors (Lipinski definition) is 4. The summed E-state index contributed by atoms with van der Waals surface area (Å²) in [5.41, 5.74) is 0. The zero-order valence-electron chi connectivity index (χ0n) is 20.6. The van der Waals surface area contributed by atoms with E-state index in [-0.39, 0.29) is 0 Å². The van der Waals surface area contributed by atoms with Crippen molar-refractivity contribution < 1.29 is 0 Å². The molecule has 0 heterocycles. The monoisotopic (exact) mass is 432 g/mol. The molecule has 4 fully saturated rings. The van der Waals surface area contributed by atoms with Gasteiger partial charge in [-0.2, -0.15) is 0 Å². The zero-order valence-corrected chi connectivity index (χ0v) is 20.6. The SMILES string of the molecule is CNC1CCC(NC2CCC(NC3CCC(CNC4CCC(C)CC4)CC3)CC2)CC1. The van der Waals surface area contributed by atoms with Crippen LogP contribution in [0.2, 0.25) is 0 Å². The van der Waals surface area contributed by atoms with Gasteiger partial charge < -0.3 is 21.3 Å². The first-order valence-corrected chi connectivity index (χ1v) is 14.1. The first kappa shape index (κ1) is 24.0. The van der Waals surface area contributed by atoms with Gasteiger partial charge >= 0.3 is 0 Å². The molecule has 4 aliphatic carbocycles. The van der Waals surface area contributed by atoms with Crippen LogP contribution in [-0.4, -0.2) is 49.8 Å². The topological polar surface area (TPSA) is 48.1 Å². The second-order valence-electron chi connectivity index (χ2n) is 11.8. The molecule has 4 nitrogen and oxygen atoms in total. The van der Waals surface area contributed by atoms with Crippen molar-refractivity contribution in [2.24, 2.45) is 11.8 Å². The van der Waals surface area contributed by atoms with Crippen LogP contribution in [0.5, 0.6) is 0 Å². The molecular weight excluding hydrogens is 380 g/mol. The van der Waals surface area contributed by atoms with Gasteiger partial charge in [0.15, 0.2) is 0 Å². The van der Waals surface area contributed by atoms with E-state index in [9.17, 15) is 0 Å². The third-order valence-electron chi connectivity index (χ3n) is 9.36. The highest BCUT2D eigenvalue weighted by atomic mass is 15.0. The highest BCUT2D eigenvalue weighted by Gasteiger charge is 2.28. The molecule has 0 amide bonds. The van der Waals surface area contributed by atoms with Crippen molar-refractivity contribution in [3.05, 3.63) is 0 Å². The van der Waals surface area contributed by atoms with E-state index in [2.05, 4.69) is 35.2 Å². The maximum absolute atomic E-state index is 4.07. The molecule has 0 spiro atoms. The van der Waals surface area contributed by atoms with Crippen molar-refractivity contribution in [2.45, 2.75) is 146 Å². The van der Waals surface area contributed by atoms with Crippen LogP contribution in [-0.2, 0) is 0 Å². The standard InChI is InChI=1S/C27H52N4/c1-20-3-7-23(8-4-20)29-19-21-5-9-24(10-6-21)30-26-15-17-27(18-16-26)31-25-13-11-22(28-2)12-14-25/h20-31H,3-19H2,1-2H3. The van der Waals surface area contributed by atoms with Crippen LogP contribution in [0.15, 0.2) is 0 Å². The molecule has 0 aromatic carbocycles. The first-order chi connectivity index (χ1) is 15.2. The van der Waals surface area contributed by atoms with Crippen molar-refractivity contribution in [1.82, 2.24) is 21.3 Å². The Labute approximate surface area is 192 Å². The highest BCUT2D eigenvalue weighted by Crippen LogP contribution is 2.29. The first-order valence-electron chi connectivity index (χ1n) is 14.1. The van der Waals surface area contributed by atoms with E-state index in [0.29, 0.717) is 0 Å². The zero-order chi connectivity index (χ0) is 21.5. The minimum absolute atomic E-state index is 0.764. The van der Waals surface area contributed by atoms with Gasteiger partial charge in [-0.3, -0.25) is 0 Å². The lowest BCUT2D eigenvalue weighted by Gasteiger charge is -2.38. The van der Waals surface area contributed by atoms with Crippen LogP contribution in [0.25, 0.3) is 0 Å². The molecule has 0 aliphatic heterocycles. The molecule has 0 unspecified atom stereocenters. The molecule has 4 aliphatic rings. The summed E-state index contributed by atoms with van der Waals surface area (Å²) in [6.45, 7) is 3.70. The van der Waals surface area contributed by atoms with E-state index in [1.807, 2.05) is 0 Å². The molecule has 4 saturated carbocycles. The third kappa shape index (κ3) is 7.69. The molecule has 4 heteroatoms. The van der Waals surface area contributed by atoms with E-state index >= 15 is 0 Å². The van der Waals surface area contributed by atoms with Crippen molar-refractivity contribution in [1.29, 1.82) is 0 Å². The Morgan fingerprint density at radius 2 is 0.871 bits per heavy atom. The lowest BCUT2D eigenvalue weighted by Crippen LogP contribution is -2.48. The third-order valence-corrected chi connectivity index (χ3v) is 9.36. The molecule has 0 bridgehead atoms. The van der Waals surface area contributed by atoms with Crippen molar-refractivity contribution in [3.8, 4) is 0 Å². The minimum atomic E-state index is 0.764. The molecule has 0 aromatic rings. The van der Waals surface area contributed by atoms with Crippen LogP contribution in [0.3, 0.4) is 0 Å². The van der Waals surface area contributed by atoms with Crippen LogP contribution in [0.4, 0.5) is 0 Å². The maximum Gasteiger partial charge on any atom is 0.00708 e. The van der Waals surface area contributed by atoms with Crippen molar-refractivity contribution in [3.63, 3.8) is 0 Å². The quantitative estimate of drug-likeness (QED) is 0.448. The summed E-state index contributed by atoms with van der Waals surface area (Å²) in [5.74, 6) is 1.89. The van der Waals surface area contributed by atoms with E-state index in [4.69, 9.17) is 0 Å². The summed E-state index contributed by atoms with van der Waals surface area (Å²) in [4.78, 5) is 0. The molecule has 0 saturated heterocycles. The van der Waals surface area contributed by atoms with E-state index in [1.165, 1.54) is 109 Å².